The lowest BCUT2D eigenvalue weighted by Gasteiger charge is -2.12. The van der Waals surface area contributed by atoms with Gasteiger partial charge in [0, 0.05) is 5.02 Å². The molecule has 1 heterocycles. The predicted octanol–water partition coefficient (Wildman–Crippen LogP) is 4.97. The summed E-state index contributed by atoms with van der Waals surface area (Å²) >= 11 is 17.7. The molecule has 22 heavy (non-hydrogen) atoms. The molecule has 112 valence electrons. The van der Waals surface area contributed by atoms with Crippen molar-refractivity contribution in [3.63, 3.8) is 0 Å². The minimum absolute atomic E-state index is 0.206. The first kappa shape index (κ1) is 15.3. The van der Waals surface area contributed by atoms with Gasteiger partial charge in [0.15, 0.2) is 4.77 Å². The lowest BCUT2D eigenvalue weighted by atomic mass is 10.1. The van der Waals surface area contributed by atoms with Crippen molar-refractivity contribution in [3.8, 4) is 5.69 Å². The van der Waals surface area contributed by atoms with E-state index in [2.05, 4.69) is 4.98 Å². The van der Waals surface area contributed by atoms with Crippen LogP contribution in [0.3, 0.4) is 0 Å². The van der Waals surface area contributed by atoms with Gasteiger partial charge in [-0.3, -0.25) is 9.36 Å². The Labute approximate surface area is 142 Å². The molecular formula is C16H12Cl2N2OS. The summed E-state index contributed by atoms with van der Waals surface area (Å²) in [5, 5.41) is 1.49. The van der Waals surface area contributed by atoms with Crippen LogP contribution >= 0.6 is 35.4 Å². The molecule has 3 rings (SSSR count). The largest absolute Gasteiger partial charge is 0.331 e. The van der Waals surface area contributed by atoms with Crippen LogP contribution in [-0.4, -0.2) is 9.55 Å². The Morgan fingerprint density at radius 1 is 1.09 bits per heavy atom. The quantitative estimate of drug-likeness (QED) is 0.629. The third-order valence-corrected chi connectivity index (χ3v) is 4.52. The molecule has 0 spiro atoms. The first-order valence-electron chi connectivity index (χ1n) is 6.60. The minimum atomic E-state index is -0.206. The zero-order valence-electron chi connectivity index (χ0n) is 11.9. The number of rotatable bonds is 1. The van der Waals surface area contributed by atoms with E-state index in [0.29, 0.717) is 31.4 Å². The Morgan fingerprint density at radius 2 is 1.82 bits per heavy atom. The van der Waals surface area contributed by atoms with Crippen LogP contribution in [0.1, 0.15) is 11.1 Å². The number of nitrogens with one attached hydrogen (secondary N) is 1. The van der Waals surface area contributed by atoms with Crippen LogP contribution < -0.4 is 5.56 Å². The SMILES string of the molecule is Cc1ccc2c(=O)n(-c3cc(C)c(Cl)cc3Cl)c(=S)[nH]c2c1. The fraction of sp³-hybridized carbons (Fsp3) is 0.125. The standard InChI is InChI=1S/C16H12Cl2N2OS/c1-8-3-4-10-13(5-8)19-16(22)20(15(10)21)14-6-9(2)11(17)7-12(14)18/h3-7H,1-2H3,(H,19,22). The molecule has 3 aromatic rings. The topological polar surface area (TPSA) is 37.8 Å². The fourth-order valence-electron chi connectivity index (χ4n) is 2.36. The second-order valence-corrected chi connectivity index (χ2v) is 6.37. The van der Waals surface area contributed by atoms with Gasteiger partial charge >= 0.3 is 0 Å². The van der Waals surface area contributed by atoms with Gasteiger partial charge in [-0.1, -0.05) is 29.3 Å². The maximum absolute atomic E-state index is 12.8. The van der Waals surface area contributed by atoms with E-state index in [1.54, 1.807) is 18.2 Å². The van der Waals surface area contributed by atoms with Gasteiger partial charge in [-0.25, -0.2) is 0 Å². The number of fused-ring (bicyclic) bond motifs is 1. The molecule has 0 unspecified atom stereocenters. The summed E-state index contributed by atoms with van der Waals surface area (Å²) in [4.78, 5) is 15.9. The van der Waals surface area contributed by atoms with Crippen LogP contribution in [0.2, 0.25) is 10.0 Å². The number of hydrogen-bond donors (Lipinski definition) is 1. The molecule has 0 saturated heterocycles. The molecule has 3 nitrogen and oxygen atoms in total. The summed E-state index contributed by atoms with van der Waals surface area (Å²) in [6, 6.07) is 8.95. The normalized spacial score (nSPS) is 11.1. The molecule has 0 saturated carbocycles. The number of aromatic amines is 1. The third kappa shape index (κ3) is 2.47. The van der Waals surface area contributed by atoms with Gasteiger partial charge in [0.2, 0.25) is 0 Å². The van der Waals surface area contributed by atoms with E-state index in [4.69, 9.17) is 35.4 Å². The molecule has 0 aliphatic heterocycles. The monoisotopic (exact) mass is 350 g/mol. The molecular weight excluding hydrogens is 339 g/mol. The van der Waals surface area contributed by atoms with Gasteiger partial charge in [0.05, 0.1) is 21.6 Å². The van der Waals surface area contributed by atoms with E-state index in [0.717, 1.165) is 11.1 Å². The van der Waals surface area contributed by atoms with Crippen molar-refractivity contribution in [3.05, 3.63) is 66.6 Å². The minimum Gasteiger partial charge on any atom is -0.331 e. The summed E-state index contributed by atoms with van der Waals surface area (Å²) in [5.41, 5.74) is 2.91. The first-order chi connectivity index (χ1) is 10.4. The van der Waals surface area contributed by atoms with Gasteiger partial charge in [0.1, 0.15) is 0 Å². The highest BCUT2D eigenvalue weighted by molar-refractivity contribution is 7.71. The number of nitrogens with zero attached hydrogens (tertiary/aromatic N) is 1. The Kier molecular flexibility index (Phi) is 3.85. The molecule has 1 N–H and O–H groups in total. The number of H-pyrrole nitrogens is 1. The van der Waals surface area contributed by atoms with Gasteiger partial charge in [0.25, 0.3) is 5.56 Å². The Hall–Kier alpha value is -1.62. The summed E-state index contributed by atoms with van der Waals surface area (Å²) in [7, 11) is 0. The number of hydrogen-bond acceptors (Lipinski definition) is 2. The average molecular weight is 351 g/mol. The van der Waals surface area contributed by atoms with Gasteiger partial charge in [-0.05, 0) is 61.5 Å². The van der Waals surface area contributed by atoms with Crippen molar-refractivity contribution >= 4 is 46.3 Å². The molecule has 6 heteroatoms. The fourth-order valence-corrected chi connectivity index (χ4v) is 3.12. The molecule has 0 bridgehead atoms. The zero-order valence-corrected chi connectivity index (χ0v) is 14.2. The molecule has 0 atom stereocenters. The molecule has 2 aromatic carbocycles. The van der Waals surface area contributed by atoms with Crippen LogP contribution in [0.4, 0.5) is 0 Å². The van der Waals surface area contributed by atoms with Crippen LogP contribution in [0.5, 0.6) is 0 Å². The van der Waals surface area contributed by atoms with E-state index in [1.165, 1.54) is 4.57 Å². The molecule has 1 aromatic heterocycles. The van der Waals surface area contributed by atoms with Gasteiger partial charge in [-0.15, -0.1) is 0 Å². The molecule has 0 radical (unpaired) electrons. The van der Waals surface area contributed by atoms with E-state index >= 15 is 0 Å². The van der Waals surface area contributed by atoms with Crippen molar-refractivity contribution in [2.24, 2.45) is 0 Å². The highest BCUT2D eigenvalue weighted by Gasteiger charge is 2.12. The molecule has 0 aliphatic rings. The Morgan fingerprint density at radius 3 is 2.55 bits per heavy atom. The Balaban J connectivity index is 2.42. The number of benzene rings is 2. The Bertz CT molecular complexity index is 1020. The van der Waals surface area contributed by atoms with Crippen LogP contribution in [0, 0.1) is 18.6 Å². The van der Waals surface area contributed by atoms with Gasteiger partial charge in [-0.2, -0.15) is 0 Å². The highest BCUT2D eigenvalue weighted by atomic mass is 35.5. The van der Waals surface area contributed by atoms with Crippen molar-refractivity contribution in [2.75, 3.05) is 0 Å². The highest BCUT2D eigenvalue weighted by Crippen LogP contribution is 2.27. The maximum atomic E-state index is 12.8. The number of aryl methyl sites for hydroxylation is 2. The smallest absolute Gasteiger partial charge is 0.266 e. The van der Waals surface area contributed by atoms with Crippen molar-refractivity contribution in [2.45, 2.75) is 13.8 Å². The number of halogens is 2. The lowest BCUT2D eigenvalue weighted by molar-refractivity contribution is 0.938. The summed E-state index contributed by atoms with van der Waals surface area (Å²) < 4.78 is 1.70. The molecule has 0 fully saturated rings. The summed E-state index contributed by atoms with van der Waals surface area (Å²) in [5.74, 6) is 0. The van der Waals surface area contributed by atoms with Gasteiger partial charge < -0.3 is 4.98 Å². The van der Waals surface area contributed by atoms with Crippen LogP contribution in [-0.2, 0) is 0 Å². The molecule has 0 aliphatic carbocycles. The summed E-state index contributed by atoms with van der Waals surface area (Å²) in [6.45, 7) is 3.81. The van der Waals surface area contributed by atoms with Crippen molar-refractivity contribution < 1.29 is 0 Å². The van der Waals surface area contributed by atoms with Crippen molar-refractivity contribution in [1.82, 2.24) is 9.55 Å². The number of aromatic nitrogens is 2. The zero-order chi connectivity index (χ0) is 16.0. The van der Waals surface area contributed by atoms with E-state index in [9.17, 15) is 4.79 Å². The second kappa shape index (κ2) is 5.54. The summed E-state index contributed by atoms with van der Waals surface area (Å²) in [6.07, 6.45) is 0. The maximum Gasteiger partial charge on any atom is 0.266 e. The van der Waals surface area contributed by atoms with E-state index < -0.39 is 0 Å². The second-order valence-electron chi connectivity index (χ2n) is 5.17. The van der Waals surface area contributed by atoms with Crippen LogP contribution in [0.15, 0.2) is 35.1 Å². The van der Waals surface area contributed by atoms with Crippen LogP contribution in [0.25, 0.3) is 16.6 Å². The molecule has 0 amide bonds. The first-order valence-corrected chi connectivity index (χ1v) is 7.76. The van der Waals surface area contributed by atoms with Crippen molar-refractivity contribution in [1.29, 1.82) is 0 Å². The predicted molar refractivity (Wildman–Crippen MR) is 94.2 cm³/mol. The average Bonchev–Trinajstić information content (AvgIpc) is 2.43. The third-order valence-electron chi connectivity index (χ3n) is 3.52. The lowest BCUT2D eigenvalue weighted by Crippen LogP contribution is -2.21. The van der Waals surface area contributed by atoms with E-state index in [-0.39, 0.29) is 5.56 Å². The van der Waals surface area contributed by atoms with E-state index in [1.807, 2.05) is 26.0 Å².